The number of guanidine groups is 1. The molecule has 0 aromatic carbocycles. The summed E-state index contributed by atoms with van der Waals surface area (Å²) in [7, 11) is 0. The minimum Gasteiger partial charge on any atom is -0.357 e. The van der Waals surface area contributed by atoms with Gasteiger partial charge in [0.05, 0.1) is 0 Å². The summed E-state index contributed by atoms with van der Waals surface area (Å²) in [4.78, 5) is 4.70. The minimum absolute atomic E-state index is 0.442. The van der Waals surface area contributed by atoms with Crippen molar-refractivity contribution in [2.24, 2.45) is 10.4 Å². The van der Waals surface area contributed by atoms with Gasteiger partial charge < -0.3 is 10.6 Å². The Morgan fingerprint density at radius 3 is 2.79 bits per heavy atom. The maximum Gasteiger partial charge on any atom is 0.191 e. The molecule has 1 aliphatic carbocycles. The fourth-order valence-corrected chi connectivity index (χ4v) is 3.54. The van der Waals surface area contributed by atoms with E-state index in [1.54, 1.807) is 0 Å². The molecule has 1 fully saturated rings. The van der Waals surface area contributed by atoms with Crippen molar-refractivity contribution in [1.29, 1.82) is 0 Å². The van der Waals surface area contributed by atoms with Gasteiger partial charge in [0.25, 0.3) is 0 Å². The maximum atomic E-state index is 4.70. The van der Waals surface area contributed by atoms with E-state index < -0.39 is 0 Å². The lowest BCUT2D eigenvalue weighted by atomic mass is 9.83. The highest BCUT2D eigenvalue weighted by Crippen LogP contribution is 2.40. The second kappa shape index (κ2) is 7.64. The van der Waals surface area contributed by atoms with Crippen LogP contribution >= 0.6 is 0 Å². The lowest BCUT2D eigenvalue weighted by molar-refractivity contribution is 0.283. The summed E-state index contributed by atoms with van der Waals surface area (Å²) in [6, 6.07) is 5.90. The zero-order chi connectivity index (χ0) is 16.8. The van der Waals surface area contributed by atoms with Crippen molar-refractivity contribution in [3.05, 3.63) is 30.2 Å². The first kappa shape index (κ1) is 16.7. The molecular weight excluding hydrogens is 300 g/mol. The van der Waals surface area contributed by atoms with E-state index in [2.05, 4.69) is 34.7 Å². The van der Waals surface area contributed by atoms with Gasteiger partial charge in [-0.1, -0.05) is 25.8 Å². The molecule has 3 rings (SSSR count). The highest BCUT2D eigenvalue weighted by atomic mass is 15.3. The summed E-state index contributed by atoms with van der Waals surface area (Å²) in [5, 5.41) is 15.3. The first-order chi connectivity index (χ1) is 11.8. The third kappa shape index (κ3) is 3.68. The van der Waals surface area contributed by atoms with Gasteiger partial charge >= 0.3 is 0 Å². The zero-order valence-electron chi connectivity index (χ0n) is 14.8. The quantitative estimate of drug-likeness (QED) is 0.632. The van der Waals surface area contributed by atoms with Crippen LogP contribution in [0.25, 0.3) is 5.65 Å². The predicted octanol–water partition coefficient (Wildman–Crippen LogP) is 2.75. The first-order valence-electron chi connectivity index (χ1n) is 9.07. The van der Waals surface area contributed by atoms with Crippen molar-refractivity contribution in [3.8, 4) is 0 Å². The van der Waals surface area contributed by atoms with Gasteiger partial charge in [0, 0.05) is 19.3 Å². The van der Waals surface area contributed by atoms with E-state index in [0.29, 0.717) is 12.0 Å². The molecule has 2 N–H and O–H groups in total. The van der Waals surface area contributed by atoms with E-state index in [1.807, 2.05) is 28.8 Å². The van der Waals surface area contributed by atoms with E-state index in [4.69, 9.17) is 4.99 Å². The number of hydrogen-bond donors (Lipinski definition) is 2. The van der Waals surface area contributed by atoms with Crippen LogP contribution in [-0.4, -0.2) is 33.6 Å². The molecule has 6 nitrogen and oxygen atoms in total. The van der Waals surface area contributed by atoms with E-state index in [9.17, 15) is 0 Å². The summed E-state index contributed by atoms with van der Waals surface area (Å²) in [5.74, 6) is 1.72. The molecule has 0 aliphatic heterocycles. The zero-order valence-corrected chi connectivity index (χ0v) is 14.8. The van der Waals surface area contributed by atoms with Crippen molar-refractivity contribution in [3.63, 3.8) is 0 Å². The summed E-state index contributed by atoms with van der Waals surface area (Å²) in [5.41, 5.74) is 1.30. The van der Waals surface area contributed by atoms with Crippen LogP contribution < -0.4 is 10.6 Å². The topological polar surface area (TPSA) is 66.6 Å². The van der Waals surface area contributed by atoms with Crippen molar-refractivity contribution in [2.45, 2.75) is 52.5 Å². The number of hydrogen-bond acceptors (Lipinski definition) is 3. The second-order valence-corrected chi connectivity index (χ2v) is 6.65. The van der Waals surface area contributed by atoms with Crippen molar-refractivity contribution < 1.29 is 0 Å². The van der Waals surface area contributed by atoms with Gasteiger partial charge in [-0.2, -0.15) is 0 Å². The molecule has 130 valence electrons. The monoisotopic (exact) mass is 328 g/mol. The molecule has 0 amide bonds. The maximum absolute atomic E-state index is 4.70. The van der Waals surface area contributed by atoms with Crippen LogP contribution in [-0.2, 0) is 6.54 Å². The highest BCUT2D eigenvalue weighted by Gasteiger charge is 2.31. The minimum atomic E-state index is 0.442. The Kier molecular flexibility index (Phi) is 5.33. The third-order valence-corrected chi connectivity index (χ3v) is 5.15. The fraction of sp³-hybridized carbons (Fsp3) is 0.611. The molecule has 0 spiro atoms. The molecular formula is C18H28N6. The Hall–Kier alpha value is -2.11. The Bertz CT molecular complexity index is 684. The molecule has 1 aliphatic rings. The van der Waals surface area contributed by atoms with Crippen LogP contribution in [0.3, 0.4) is 0 Å². The number of aromatic nitrogens is 3. The number of pyridine rings is 1. The van der Waals surface area contributed by atoms with Gasteiger partial charge in [-0.05, 0) is 43.7 Å². The lowest BCUT2D eigenvalue weighted by Crippen LogP contribution is -2.42. The smallest absolute Gasteiger partial charge is 0.191 e. The van der Waals surface area contributed by atoms with Gasteiger partial charge in [-0.25, -0.2) is 4.99 Å². The second-order valence-electron chi connectivity index (χ2n) is 6.65. The first-order valence-corrected chi connectivity index (χ1v) is 9.07. The van der Waals surface area contributed by atoms with Gasteiger partial charge in [0.2, 0.25) is 0 Å². The van der Waals surface area contributed by atoms with Gasteiger partial charge in [0.15, 0.2) is 17.4 Å². The van der Waals surface area contributed by atoms with Crippen LogP contribution in [0.15, 0.2) is 29.4 Å². The predicted molar refractivity (Wildman–Crippen MR) is 97.0 cm³/mol. The number of rotatable bonds is 6. The van der Waals surface area contributed by atoms with Crippen LogP contribution in [0.4, 0.5) is 0 Å². The average molecular weight is 328 g/mol. The average Bonchev–Trinajstić information content (AvgIpc) is 3.25. The molecule has 2 aromatic rings. The molecule has 0 radical (unpaired) electrons. The number of fused-ring (bicyclic) bond motifs is 1. The van der Waals surface area contributed by atoms with Gasteiger partial charge in [-0.15, -0.1) is 10.2 Å². The highest BCUT2D eigenvalue weighted by molar-refractivity contribution is 5.79. The number of nitrogens with one attached hydrogen (secondary N) is 2. The summed E-state index contributed by atoms with van der Waals surface area (Å²) in [6.07, 6.45) is 8.57. The molecule has 0 atom stereocenters. The van der Waals surface area contributed by atoms with Crippen LogP contribution in [0.5, 0.6) is 0 Å². The Morgan fingerprint density at radius 1 is 1.21 bits per heavy atom. The van der Waals surface area contributed by atoms with Crippen LogP contribution in [0.1, 0.15) is 51.8 Å². The Morgan fingerprint density at radius 2 is 2.04 bits per heavy atom. The SMILES string of the molecule is CCNC(=NCc1nnc2ccccn12)NCC1(CC)CCCC1. The molecule has 0 bridgehead atoms. The summed E-state index contributed by atoms with van der Waals surface area (Å²) in [6.45, 7) is 6.76. The summed E-state index contributed by atoms with van der Waals surface area (Å²) >= 11 is 0. The number of aliphatic imine (C=N–C) groups is 1. The molecule has 2 heterocycles. The molecule has 1 saturated carbocycles. The largest absolute Gasteiger partial charge is 0.357 e. The Labute approximate surface area is 143 Å². The number of nitrogens with zero attached hydrogens (tertiary/aromatic N) is 4. The molecule has 6 heteroatoms. The van der Waals surface area contributed by atoms with Crippen molar-refractivity contribution in [1.82, 2.24) is 25.2 Å². The van der Waals surface area contributed by atoms with E-state index in [-0.39, 0.29) is 0 Å². The van der Waals surface area contributed by atoms with Crippen molar-refractivity contribution in [2.75, 3.05) is 13.1 Å². The van der Waals surface area contributed by atoms with Crippen molar-refractivity contribution >= 4 is 11.6 Å². The normalized spacial score (nSPS) is 17.3. The Balaban J connectivity index is 1.67. The lowest BCUT2D eigenvalue weighted by Gasteiger charge is -2.28. The van der Waals surface area contributed by atoms with Gasteiger partial charge in [0.1, 0.15) is 6.54 Å². The molecule has 2 aromatic heterocycles. The van der Waals surface area contributed by atoms with E-state index in [1.165, 1.54) is 32.1 Å². The molecule has 24 heavy (non-hydrogen) atoms. The van der Waals surface area contributed by atoms with E-state index in [0.717, 1.165) is 30.5 Å². The van der Waals surface area contributed by atoms with E-state index >= 15 is 0 Å². The summed E-state index contributed by atoms with van der Waals surface area (Å²) < 4.78 is 1.98. The van der Waals surface area contributed by atoms with Crippen LogP contribution in [0, 0.1) is 5.41 Å². The molecule has 0 unspecified atom stereocenters. The molecule has 0 saturated heterocycles. The third-order valence-electron chi connectivity index (χ3n) is 5.15. The van der Waals surface area contributed by atoms with Crippen LogP contribution in [0.2, 0.25) is 0 Å². The van der Waals surface area contributed by atoms with Gasteiger partial charge in [-0.3, -0.25) is 4.40 Å². The fourth-order valence-electron chi connectivity index (χ4n) is 3.54. The standard InChI is InChI=1S/C18H28N6/c1-3-18(10-6-7-11-18)14-21-17(19-4-2)20-13-16-23-22-15-9-5-8-12-24(15)16/h5,8-9,12H,3-4,6-7,10-11,13-14H2,1-2H3,(H2,19,20,21).